The van der Waals surface area contributed by atoms with Gasteiger partial charge >= 0.3 is 0 Å². The van der Waals surface area contributed by atoms with Gasteiger partial charge in [0.1, 0.15) is 0 Å². The van der Waals surface area contributed by atoms with Gasteiger partial charge in [-0.3, -0.25) is 0 Å². The Morgan fingerprint density at radius 3 is 2.91 bits per heavy atom. The number of allylic oxidation sites excluding steroid dienone is 6. The van der Waals surface area contributed by atoms with Crippen LogP contribution in [-0.4, -0.2) is 0 Å². The van der Waals surface area contributed by atoms with Crippen LogP contribution >= 0.6 is 0 Å². The summed E-state index contributed by atoms with van der Waals surface area (Å²) in [5.41, 5.74) is 2.91. The smallest absolute Gasteiger partial charge is 0.0132 e. The Balaban J connectivity index is 2.62. The maximum atomic E-state index is 2.26. The van der Waals surface area contributed by atoms with E-state index in [-0.39, 0.29) is 0 Å². The molecule has 0 aromatic carbocycles. The summed E-state index contributed by atoms with van der Waals surface area (Å²) in [6.07, 6.45) is 12.6. The van der Waals surface area contributed by atoms with Crippen LogP contribution in [-0.2, 0) is 0 Å². The van der Waals surface area contributed by atoms with E-state index in [1.54, 1.807) is 5.57 Å². The van der Waals surface area contributed by atoms with E-state index in [0.717, 1.165) is 6.42 Å². The summed E-state index contributed by atoms with van der Waals surface area (Å²) in [7, 11) is 0. The van der Waals surface area contributed by atoms with Gasteiger partial charge in [0.05, 0.1) is 0 Å². The Kier molecular flexibility index (Phi) is 3.15. The summed E-state index contributed by atoms with van der Waals surface area (Å²) >= 11 is 0. The first kappa shape index (κ1) is 8.32. The first-order valence-corrected chi connectivity index (χ1v) is 4.36. The molecule has 0 fully saturated rings. The van der Waals surface area contributed by atoms with E-state index in [0.29, 0.717) is 0 Å². The van der Waals surface area contributed by atoms with E-state index in [1.807, 2.05) is 0 Å². The second-order valence-electron chi connectivity index (χ2n) is 3.09. The minimum absolute atomic E-state index is 1.14. The Morgan fingerprint density at radius 2 is 2.18 bits per heavy atom. The van der Waals surface area contributed by atoms with Gasteiger partial charge in [-0.25, -0.2) is 0 Å². The largest absolute Gasteiger partial charge is 0.0802 e. The molecule has 0 saturated heterocycles. The lowest BCUT2D eigenvalue weighted by Crippen LogP contribution is -1.78. The van der Waals surface area contributed by atoms with Crippen molar-refractivity contribution >= 4 is 0 Å². The number of rotatable bonds is 2. The third-order valence-electron chi connectivity index (χ3n) is 1.91. The molecule has 0 radical (unpaired) electrons. The van der Waals surface area contributed by atoms with Crippen LogP contribution in [0.2, 0.25) is 0 Å². The minimum Gasteiger partial charge on any atom is -0.0802 e. The molecule has 0 heterocycles. The van der Waals surface area contributed by atoms with E-state index in [2.05, 4.69) is 38.2 Å². The molecular weight excluding hydrogens is 132 g/mol. The average molecular weight is 148 g/mol. The molecule has 1 aliphatic carbocycles. The van der Waals surface area contributed by atoms with Crippen molar-refractivity contribution in [3.8, 4) is 0 Å². The predicted molar refractivity (Wildman–Crippen MR) is 50.5 cm³/mol. The molecule has 0 atom stereocenters. The van der Waals surface area contributed by atoms with Gasteiger partial charge in [0, 0.05) is 0 Å². The van der Waals surface area contributed by atoms with Crippen molar-refractivity contribution in [3.63, 3.8) is 0 Å². The fourth-order valence-corrected chi connectivity index (χ4v) is 1.28. The van der Waals surface area contributed by atoms with E-state index in [9.17, 15) is 0 Å². The first-order chi connectivity index (χ1) is 5.33. The maximum Gasteiger partial charge on any atom is -0.0132 e. The molecule has 0 bridgehead atoms. The third kappa shape index (κ3) is 2.75. The molecule has 1 aliphatic rings. The molecule has 1 rings (SSSR count). The van der Waals surface area contributed by atoms with Crippen molar-refractivity contribution in [2.45, 2.75) is 33.1 Å². The maximum absolute atomic E-state index is 2.26. The van der Waals surface area contributed by atoms with Gasteiger partial charge in [0.25, 0.3) is 0 Å². The van der Waals surface area contributed by atoms with Gasteiger partial charge < -0.3 is 0 Å². The van der Waals surface area contributed by atoms with Crippen LogP contribution in [0.4, 0.5) is 0 Å². The van der Waals surface area contributed by atoms with Crippen LogP contribution in [0, 0.1) is 0 Å². The Labute approximate surface area is 69.3 Å². The summed E-state index contributed by atoms with van der Waals surface area (Å²) in [6, 6.07) is 0. The van der Waals surface area contributed by atoms with E-state index in [4.69, 9.17) is 0 Å². The highest BCUT2D eigenvalue weighted by Gasteiger charge is 1.94. The average Bonchev–Trinajstić information content (AvgIpc) is 2.17. The molecule has 0 aliphatic heterocycles. The second-order valence-corrected chi connectivity index (χ2v) is 3.09. The van der Waals surface area contributed by atoms with Crippen LogP contribution in [0.3, 0.4) is 0 Å². The Hall–Kier alpha value is -0.780. The fourth-order valence-electron chi connectivity index (χ4n) is 1.28. The van der Waals surface area contributed by atoms with Gasteiger partial charge in [-0.1, -0.05) is 48.8 Å². The zero-order valence-corrected chi connectivity index (χ0v) is 7.43. The van der Waals surface area contributed by atoms with Crippen molar-refractivity contribution in [3.05, 3.63) is 35.5 Å². The Morgan fingerprint density at radius 1 is 1.36 bits per heavy atom. The van der Waals surface area contributed by atoms with Crippen molar-refractivity contribution in [1.82, 2.24) is 0 Å². The van der Waals surface area contributed by atoms with Crippen LogP contribution in [0.5, 0.6) is 0 Å². The van der Waals surface area contributed by atoms with E-state index in [1.165, 1.54) is 18.4 Å². The molecule has 0 spiro atoms. The van der Waals surface area contributed by atoms with E-state index >= 15 is 0 Å². The topological polar surface area (TPSA) is 0 Å². The quantitative estimate of drug-likeness (QED) is 0.561. The summed E-state index contributed by atoms with van der Waals surface area (Å²) < 4.78 is 0. The van der Waals surface area contributed by atoms with Crippen molar-refractivity contribution in [1.29, 1.82) is 0 Å². The normalized spacial score (nSPS) is 17.3. The molecule has 0 aromatic heterocycles. The summed E-state index contributed by atoms with van der Waals surface area (Å²) in [5, 5.41) is 0. The zero-order valence-electron chi connectivity index (χ0n) is 7.43. The molecular formula is C11H16. The standard InChI is InChI=1S/C11H16/c1-3-5-11-7-4-6-10(2)8-9-11/h4,6,8-9H,3,5,7H2,1-2H3. The summed E-state index contributed by atoms with van der Waals surface area (Å²) in [4.78, 5) is 0. The SMILES string of the molecule is CCCC1=CC=C(C)C=CC1. The molecule has 0 unspecified atom stereocenters. The zero-order chi connectivity index (χ0) is 8.10. The predicted octanol–water partition coefficient (Wildman–Crippen LogP) is 3.62. The molecule has 0 amide bonds. The molecule has 0 N–H and O–H groups in total. The summed E-state index contributed by atoms with van der Waals surface area (Å²) in [6.45, 7) is 4.37. The first-order valence-electron chi connectivity index (χ1n) is 4.36. The van der Waals surface area contributed by atoms with Gasteiger partial charge in [0.15, 0.2) is 0 Å². The fraction of sp³-hybridized carbons (Fsp3) is 0.455. The van der Waals surface area contributed by atoms with Crippen LogP contribution < -0.4 is 0 Å². The lowest BCUT2D eigenvalue weighted by atomic mass is 10.1. The lowest BCUT2D eigenvalue weighted by molar-refractivity contribution is 0.881. The highest BCUT2D eigenvalue weighted by molar-refractivity contribution is 5.29. The number of hydrogen-bond acceptors (Lipinski definition) is 0. The monoisotopic (exact) mass is 148 g/mol. The third-order valence-corrected chi connectivity index (χ3v) is 1.91. The van der Waals surface area contributed by atoms with Gasteiger partial charge in [0.2, 0.25) is 0 Å². The van der Waals surface area contributed by atoms with E-state index < -0.39 is 0 Å². The summed E-state index contributed by atoms with van der Waals surface area (Å²) in [5.74, 6) is 0. The van der Waals surface area contributed by atoms with Gasteiger partial charge in [-0.05, 0) is 19.8 Å². The number of hydrogen-bond donors (Lipinski definition) is 0. The molecule has 0 nitrogen and oxygen atoms in total. The minimum atomic E-state index is 1.14. The van der Waals surface area contributed by atoms with Gasteiger partial charge in [-0.15, -0.1) is 0 Å². The highest BCUT2D eigenvalue weighted by atomic mass is 14.0. The molecule has 11 heavy (non-hydrogen) atoms. The van der Waals surface area contributed by atoms with Crippen LogP contribution in [0.1, 0.15) is 33.1 Å². The molecule has 60 valence electrons. The van der Waals surface area contributed by atoms with Crippen molar-refractivity contribution in [2.24, 2.45) is 0 Å². The second kappa shape index (κ2) is 4.17. The lowest BCUT2D eigenvalue weighted by Gasteiger charge is -1.98. The van der Waals surface area contributed by atoms with Crippen molar-refractivity contribution in [2.75, 3.05) is 0 Å². The molecule has 0 heteroatoms. The van der Waals surface area contributed by atoms with Gasteiger partial charge in [-0.2, -0.15) is 0 Å². The van der Waals surface area contributed by atoms with Crippen LogP contribution in [0.25, 0.3) is 0 Å². The molecule has 0 aromatic rings. The Bertz CT molecular complexity index is 204. The highest BCUT2D eigenvalue weighted by Crippen LogP contribution is 2.15. The van der Waals surface area contributed by atoms with Crippen LogP contribution in [0.15, 0.2) is 35.5 Å². The molecule has 0 saturated carbocycles. The van der Waals surface area contributed by atoms with Crippen molar-refractivity contribution < 1.29 is 0 Å².